The number of carbonyl (C=O) groups excluding carboxylic acids is 1. The molecule has 0 unspecified atom stereocenters. The van der Waals surface area contributed by atoms with E-state index in [2.05, 4.69) is 15.5 Å². The van der Waals surface area contributed by atoms with Gasteiger partial charge in [-0.15, -0.1) is 0 Å². The fourth-order valence-corrected chi connectivity index (χ4v) is 3.12. The molecular weight excluding hydrogens is 346 g/mol. The van der Waals surface area contributed by atoms with Gasteiger partial charge in [-0.25, -0.2) is 0 Å². The molecule has 0 aliphatic rings. The van der Waals surface area contributed by atoms with Crippen LogP contribution in [-0.2, 0) is 24.4 Å². The average molecular weight is 371 g/mol. The number of nitrogens with one attached hydrogen (secondary N) is 1. The molecule has 1 N–H and O–H groups in total. The number of nitrogens with zero attached hydrogens (tertiary/aromatic N) is 4. The summed E-state index contributed by atoms with van der Waals surface area (Å²) in [6.07, 6.45) is 2.15. The van der Waals surface area contributed by atoms with Crippen LogP contribution in [0.3, 0.4) is 0 Å². The Morgan fingerprint density at radius 1 is 1.19 bits per heavy atom. The van der Waals surface area contributed by atoms with Crippen LogP contribution in [0.15, 0.2) is 24.4 Å². The van der Waals surface area contributed by atoms with Gasteiger partial charge in [-0.1, -0.05) is 6.07 Å². The maximum Gasteiger partial charge on any atom is 0.222 e. The second-order valence-corrected chi connectivity index (χ2v) is 6.22. The summed E-state index contributed by atoms with van der Waals surface area (Å²) < 4.78 is 14.3. The van der Waals surface area contributed by atoms with Crippen LogP contribution in [0.2, 0.25) is 0 Å². The molecule has 8 heteroatoms. The van der Waals surface area contributed by atoms with E-state index in [1.165, 1.54) is 0 Å². The largest absolute Gasteiger partial charge is 0.493 e. The lowest BCUT2D eigenvalue weighted by molar-refractivity contribution is -0.121. The van der Waals surface area contributed by atoms with Crippen LogP contribution >= 0.6 is 0 Å². The molecule has 1 amide bonds. The van der Waals surface area contributed by atoms with Crippen LogP contribution in [0.1, 0.15) is 24.6 Å². The van der Waals surface area contributed by atoms with Crippen molar-refractivity contribution in [2.45, 2.75) is 39.9 Å². The minimum Gasteiger partial charge on any atom is -0.493 e. The second kappa shape index (κ2) is 8.11. The third-order valence-electron chi connectivity index (χ3n) is 4.50. The van der Waals surface area contributed by atoms with Gasteiger partial charge in [-0.3, -0.25) is 14.2 Å². The second-order valence-electron chi connectivity index (χ2n) is 6.22. The van der Waals surface area contributed by atoms with Gasteiger partial charge >= 0.3 is 0 Å². The zero-order valence-electron chi connectivity index (χ0n) is 16.2. The molecule has 0 saturated heterocycles. The monoisotopic (exact) mass is 371 g/mol. The molecule has 0 fully saturated rings. The molecule has 8 nitrogen and oxygen atoms in total. The normalized spacial score (nSPS) is 11.0. The Balaban J connectivity index is 1.58. The molecule has 0 radical (unpaired) electrons. The van der Waals surface area contributed by atoms with E-state index < -0.39 is 0 Å². The van der Waals surface area contributed by atoms with Crippen molar-refractivity contribution >= 4 is 16.9 Å². The minimum absolute atomic E-state index is 0.0334. The molecule has 0 saturated carbocycles. The number of aryl methyl sites for hydroxylation is 3. The molecule has 0 bridgehead atoms. The summed E-state index contributed by atoms with van der Waals surface area (Å²) in [6.45, 7) is 5.74. The number of rotatable bonds is 8. The van der Waals surface area contributed by atoms with E-state index in [4.69, 9.17) is 9.47 Å². The number of carbonyl (C=O) groups is 1. The predicted molar refractivity (Wildman–Crippen MR) is 102 cm³/mol. The topological polar surface area (TPSA) is 83.2 Å². The smallest absolute Gasteiger partial charge is 0.222 e. The minimum atomic E-state index is -0.0334. The predicted octanol–water partition coefficient (Wildman–Crippen LogP) is 2.28. The molecule has 3 aromatic rings. The lowest BCUT2D eigenvalue weighted by Crippen LogP contribution is -2.24. The van der Waals surface area contributed by atoms with E-state index in [1.807, 2.05) is 41.4 Å². The number of fused-ring (bicyclic) bond motifs is 1. The number of benzene rings is 1. The van der Waals surface area contributed by atoms with Crippen molar-refractivity contribution < 1.29 is 14.3 Å². The highest BCUT2D eigenvalue weighted by atomic mass is 16.5. The average Bonchev–Trinajstić information content (AvgIpc) is 3.25. The van der Waals surface area contributed by atoms with Crippen molar-refractivity contribution in [3.05, 3.63) is 35.7 Å². The van der Waals surface area contributed by atoms with E-state index >= 15 is 0 Å². The molecule has 0 atom stereocenters. The number of methoxy groups -OCH3 is 2. The third kappa shape index (κ3) is 3.89. The zero-order valence-corrected chi connectivity index (χ0v) is 16.2. The van der Waals surface area contributed by atoms with Crippen molar-refractivity contribution in [1.29, 1.82) is 0 Å². The first-order valence-corrected chi connectivity index (χ1v) is 8.93. The van der Waals surface area contributed by atoms with E-state index in [-0.39, 0.29) is 5.91 Å². The number of hydrogen-bond donors (Lipinski definition) is 1. The van der Waals surface area contributed by atoms with Crippen LogP contribution in [0, 0.1) is 6.92 Å². The van der Waals surface area contributed by atoms with Gasteiger partial charge in [-0.05, 0) is 31.5 Å². The Morgan fingerprint density at radius 3 is 2.67 bits per heavy atom. The Hall–Kier alpha value is -3.03. The van der Waals surface area contributed by atoms with Gasteiger partial charge in [0.05, 0.1) is 32.7 Å². The van der Waals surface area contributed by atoms with Gasteiger partial charge in [0.1, 0.15) is 11.0 Å². The molecule has 0 spiro atoms. The zero-order chi connectivity index (χ0) is 19.4. The number of hydrogen-bond acceptors (Lipinski definition) is 5. The summed E-state index contributed by atoms with van der Waals surface area (Å²) in [5.74, 6) is 1.28. The lowest BCUT2D eigenvalue weighted by atomic mass is 10.2. The summed E-state index contributed by atoms with van der Waals surface area (Å²) in [6, 6.07) is 5.59. The molecule has 0 aliphatic heterocycles. The fourth-order valence-electron chi connectivity index (χ4n) is 3.12. The third-order valence-corrected chi connectivity index (χ3v) is 4.50. The summed E-state index contributed by atoms with van der Waals surface area (Å²) >= 11 is 0. The number of amides is 1. The van der Waals surface area contributed by atoms with Crippen molar-refractivity contribution in [1.82, 2.24) is 24.9 Å². The summed E-state index contributed by atoms with van der Waals surface area (Å²) in [4.78, 5) is 12.2. The highest BCUT2D eigenvalue weighted by molar-refractivity contribution is 5.78. The van der Waals surface area contributed by atoms with E-state index in [9.17, 15) is 4.79 Å². The Labute approximate surface area is 158 Å². The van der Waals surface area contributed by atoms with Crippen LogP contribution in [-0.4, -0.2) is 39.7 Å². The first-order valence-electron chi connectivity index (χ1n) is 8.93. The molecule has 2 aromatic heterocycles. The molecule has 2 heterocycles. The number of ether oxygens (including phenoxy) is 2. The van der Waals surface area contributed by atoms with E-state index in [1.54, 1.807) is 20.4 Å². The maximum absolute atomic E-state index is 12.2. The highest BCUT2D eigenvalue weighted by Gasteiger charge is 2.13. The standard InChI is InChI=1S/C19H25N5O3/c1-5-23-15-12-21-24(19(15)13(2)22-23)9-8-18(25)20-11-14-6-7-16(26-3)17(10-14)27-4/h6-7,10,12H,5,8-9,11H2,1-4H3,(H,20,25). The van der Waals surface area contributed by atoms with Gasteiger partial charge in [0, 0.05) is 19.5 Å². The highest BCUT2D eigenvalue weighted by Crippen LogP contribution is 2.27. The van der Waals surface area contributed by atoms with Crippen molar-refractivity contribution in [2.24, 2.45) is 0 Å². The maximum atomic E-state index is 12.2. The van der Waals surface area contributed by atoms with Crippen LogP contribution in [0.25, 0.3) is 11.0 Å². The molecular formula is C19H25N5O3. The van der Waals surface area contributed by atoms with E-state index in [0.29, 0.717) is 31.0 Å². The van der Waals surface area contributed by atoms with Crippen LogP contribution < -0.4 is 14.8 Å². The number of aromatic nitrogens is 4. The first-order chi connectivity index (χ1) is 13.1. The molecule has 3 rings (SSSR count). The molecule has 0 aliphatic carbocycles. The Morgan fingerprint density at radius 2 is 1.96 bits per heavy atom. The fraction of sp³-hybridized carbons (Fsp3) is 0.421. The molecule has 144 valence electrons. The van der Waals surface area contributed by atoms with Gasteiger partial charge < -0.3 is 14.8 Å². The van der Waals surface area contributed by atoms with Crippen molar-refractivity contribution in [3.63, 3.8) is 0 Å². The first kappa shape index (κ1) is 18.8. The molecule has 27 heavy (non-hydrogen) atoms. The van der Waals surface area contributed by atoms with Crippen LogP contribution in [0.4, 0.5) is 0 Å². The van der Waals surface area contributed by atoms with E-state index in [0.717, 1.165) is 28.8 Å². The quantitative estimate of drug-likeness (QED) is 0.657. The van der Waals surface area contributed by atoms with Gasteiger partial charge in [0.2, 0.25) is 5.91 Å². The van der Waals surface area contributed by atoms with Crippen molar-refractivity contribution in [2.75, 3.05) is 14.2 Å². The molecule has 1 aromatic carbocycles. The van der Waals surface area contributed by atoms with Crippen LogP contribution in [0.5, 0.6) is 11.5 Å². The summed E-state index contributed by atoms with van der Waals surface area (Å²) in [7, 11) is 3.19. The van der Waals surface area contributed by atoms with Gasteiger partial charge in [-0.2, -0.15) is 10.2 Å². The van der Waals surface area contributed by atoms with Gasteiger partial charge in [0.25, 0.3) is 0 Å². The Kier molecular flexibility index (Phi) is 5.63. The summed E-state index contributed by atoms with van der Waals surface area (Å²) in [5, 5.41) is 11.8. The Bertz CT molecular complexity index is 944. The lowest BCUT2D eigenvalue weighted by Gasteiger charge is -2.10. The van der Waals surface area contributed by atoms with Gasteiger partial charge in [0.15, 0.2) is 11.5 Å². The summed E-state index contributed by atoms with van der Waals surface area (Å²) in [5.41, 5.74) is 3.86. The van der Waals surface area contributed by atoms with Crippen molar-refractivity contribution in [3.8, 4) is 11.5 Å². The SMILES string of the molecule is CCn1nc(C)c2c1cnn2CCC(=O)NCc1ccc(OC)c(OC)c1.